The van der Waals surface area contributed by atoms with E-state index in [9.17, 15) is 9.00 Å². The van der Waals surface area contributed by atoms with Crippen molar-refractivity contribution < 1.29 is 9.00 Å². The molecule has 20 heavy (non-hydrogen) atoms. The maximum absolute atomic E-state index is 12.3. The first kappa shape index (κ1) is 15.2. The van der Waals surface area contributed by atoms with E-state index >= 15 is 0 Å². The van der Waals surface area contributed by atoms with E-state index in [-0.39, 0.29) is 11.9 Å². The summed E-state index contributed by atoms with van der Waals surface area (Å²) in [4.78, 5) is 12.3. The molecule has 1 saturated heterocycles. The summed E-state index contributed by atoms with van der Waals surface area (Å²) < 4.78 is 11.3. The number of nitrogens with one attached hydrogen (secondary N) is 2. The van der Waals surface area contributed by atoms with Crippen LogP contribution in [0, 0.1) is 0 Å². The molecule has 0 radical (unpaired) electrons. The van der Waals surface area contributed by atoms with Gasteiger partial charge in [0.1, 0.15) is 0 Å². The molecule has 2 N–H and O–H groups in total. The van der Waals surface area contributed by atoms with E-state index in [2.05, 4.69) is 17.6 Å². The molecular formula is C15H22N2O2S. The predicted molar refractivity (Wildman–Crippen MR) is 82.2 cm³/mol. The van der Waals surface area contributed by atoms with Gasteiger partial charge in [-0.25, -0.2) is 0 Å². The van der Waals surface area contributed by atoms with Crippen LogP contribution in [0.3, 0.4) is 0 Å². The second-order valence-corrected chi connectivity index (χ2v) is 6.82. The monoisotopic (exact) mass is 294 g/mol. The van der Waals surface area contributed by atoms with Crippen LogP contribution < -0.4 is 10.6 Å². The lowest BCUT2D eigenvalue weighted by Gasteiger charge is -2.30. The molecule has 0 spiro atoms. The van der Waals surface area contributed by atoms with Crippen LogP contribution in [0.5, 0.6) is 0 Å². The lowest BCUT2D eigenvalue weighted by atomic mass is 9.99. The molecule has 0 aromatic heterocycles. The Morgan fingerprint density at radius 1 is 1.50 bits per heavy atom. The Morgan fingerprint density at radius 3 is 3.00 bits per heavy atom. The molecule has 4 nitrogen and oxygen atoms in total. The number of hydrogen-bond acceptors (Lipinski definition) is 3. The van der Waals surface area contributed by atoms with Crippen molar-refractivity contribution in [2.45, 2.75) is 37.6 Å². The van der Waals surface area contributed by atoms with Crippen LogP contribution in [0.4, 0.5) is 0 Å². The zero-order chi connectivity index (χ0) is 14.5. The molecule has 2 rings (SSSR count). The summed E-state index contributed by atoms with van der Waals surface area (Å²) in [6.07, 6.45) is 3.77. The summed E-state index contributed by atoms with van der Waals surface area (Å²) in [6, 6.07) is 7.87. The van der Waals surface area contributed by atoms with E-state index in [4.69, 9.17) is 0 Å². The molecule has 0 aliphatic carbocycles. The SMILES string of the molecule is CC1NCCCC1NC(=O)c1cccc(CS(C)=O)c1. The van der Waals surface area contributed by atoms with Gasteiger partial charge in [0.25, 0.3) is 5.91 Å². The normalized spacial score (nSPS) is 24.1. The summed E-state index contributed by atoms with van der Waals surface area (Å²) in [5.41, 5.74) is 1.58. The van der Waals surface area contributed by atoms with E-state index in [1.165, 1.54) is 0 Å². The second-order valence-electron chi connectivity index (χ2n) is 5.38. The summed E-state index contributed by atoms with van der Waals surface area (Å²) in [7, 11) is -0.892. The number of benzene rings is 1. The topological polar surface area (TPSA) is 58.2 Å². The van der Waals surface area contributed by atoms with Crippen molar-refractivity contribution in [1.29, 1.82) is 0 Å². The largest absolute Gasteiger partial charge is 0.348 e. The Bertz CT molecular complexity index is 504. The Balaban J connectivity index is 2.03. The van der Waals surface area contributed by atoms with Crippen LogP contribution in [-0.2, 0) is 16.6 Å². The fraction of sp³-hybridized carbons (Fsp3) is 0.533. The third-order valence-electron chi connectivity index (χ3n) is 3.64. The molecule has 1 heterocycles. The minimum absolute atomic E-state index is 0.0470. The average molecular weight is 294 g/mol. The third-order valence-corrected chi connectivity index (χ3v) is 4.38. The number of rotatable bonds is 4. The molecule has 110 valence electrons. The minimum atomic E-state index is -0.892. The van der Waals surface area contributed by atoms with Gasteiger partial charge >= 0.3 is 0 Å². The van der Waals surface area contributed by atoms with Crippen LogP contribution in [-0.4, -0.2) is 35.0 Å². The number of carbonyl (C=O) groups excluding carboxylic acids is 1. The van der Waals surface area contributed by atoms with E-state index in [1.807, 2.05) is 18.2 Å². The highest BCUT2D eigenvalue weighted by atomic mass is 32.2. The highest BCUT2D eigenvalue weighted by Gasteiger charge is 2.22. The van der Waals surface area contributed by atoms with Gasteiger partial charge in [0, 0.05) is 40.5 Å². The van der Waals surface area contributed by atoms with Gasteiger partial charge < -0.3 is 10.6 Å². The van der Waals surface area contributed by atoms with E-state index in [1.54, 1.807) is 12.3 Å². The molecule has 1 aromatic rings. The van der Waals surface area contributed by atoms with Gasteiger partial charge in [0.05, 0.1) is 0 Å². The Labute approximate surface area is 122 Å². The average Bonchev–Trinajstić information content (AvgIpc) is 2.41. The van der Waals surface area contributed by atoms with Gasteiger partial charge in [-0.05, 0) is 44.0 Å². The fourth-order valence-corrected chi connectivity index (χ4v) is 3.18. The molecule has 3 atom stereocenters. The van der Waals surface area contributed by atoms with Crippen LogP contribution in [0.25, 0.3) is 0 Å². The van der Waals surface area contributed by atoms with E-state index in [0.29, 0.717) is 17.4 Å². The van der Waals surface area contributed by atoms with Gasteiger partial charge in [-0.3, -0.25) is 9.00 Å². The first-order chi connectivity index (χ1) is 9.56. The summed E-state index contributed by atoms with van der Waals surface area (Å²) in [5.74, 6) is 0.442. The molecule has 1 fully saturated rings. The van der Waals surface area contributed by atoms with Gasteiger partial charge in [0.15, 0.2) is 0 Å². The second kappa shape index (κ2) is 6.99. The standard InChI is InChI=1S/C15H22N2O2S/c1-11-14(7-4-8-16-11)17-15(18)13-6-3-5-12(9-13)10-20(2)19/h3,5-6,9,11,14,16H,4,7-8,10H2,1-2H3,(H,17,18). The Morgan fingerprint density at radius 2 is 2.30 bits per heavy atom. The Kier molecular flexibility index (Phi) is 5.31. The molecular weight excluding hydrogens is 272 g/mol. The third kappa shape index (κ3) is 4.15. The zero-order valence-corrected chi connectivity index (χ0v) is 12.8. The van der Waals surface area contributed by atoms with Crippen molar-refractivity contribution in [2.24, 2.45) is 0 Å². The molecule has 1 aliphatic rings. The van der Waals surface area contributed by atoms with Crippen molar-refractivity contribution in [2.75, 3.05) is 12.8 Å². The number of carbonyl (C=O) groups is 1. The predicted octanol–water partition coefficient (Wildman–Crippen LogP) is 1.44. The van der Waals surface area contributed by atoms with E-state index in [0.717, 1.165) is 24.9 Å². The smallest absolute Gasteiger partial charge is 0.251 e. The zero-order valence-electron chi connectivity index (χ0n) is 12.0. The lowest BCUT2D eigenvalue weighted by Crippen LogP contribution is -2.51. The highest BCUT2D eigenvalue weighted by molar-refractivity contribution is 7.83. The van der Waals surface area contributed by atoms with Crippen LogP contribution in [0.2, 0.25) is 0 Å². The summed E-state index contributed by atoms with van der Waals surface area (Å²) in [5, 5.41) is 6.46. The first-order valence-electron chi connectivity index (χ1n) is 6.99. The maximum atomic E-state index is 12.3. The number of hydrogen-bond donors (Lipinski definition) is 2. The minimum Gasteiger partial charge on any atom is -0.348 e. The first-order valence-corrected chi connectivity index (χ1v) is 8.72. The van der Waals surface area contributed by atoms with Crippen molar-refractivity contribution in [3.8, 4) is 0 Å². The van der Waals surface area contributed by atoms with Gasteiger partial charge in [-0.2, -0.15) is 0 Å². The molecule has 1 aromatic carbocycles. The maximum Gasteiger partial charge on any atom is 0.251 e. The van der Waals surface area contributed by atoms with E-state index < -0.39 is 10.8 Å². The molecule has 3 unspecified atom stereocenters. The van der Waals surface area contributed by atoms with Gasteiger partial charge in [0.2, 0.25) is 0 Å². The van der Waals surface area contributed by atoms with Crippen LogP contribution in [0.15, 0.2) is 24.3 Å². The molecule has 0 bridgehead atoms. The van der Waals surface area contributed by atoms with Crippen molar-refractivity contribution in [1.82, 2.24) is 10.6 Å². The number of piperidine rings is 1. The van der Waals surface area contributed by atoms with Gasteiger partial charge in [-0.15, -0.1) is 0 Å². The highest BCUT2D eigenvalue weighted by Crippen LogP contribution is 2.11. The molecule has 1 amide bonds. The molecule has 5 heteroatoms. The van der Waals surface area contributed by atoms with Crippen LogP contribution >= 0.6 is 0 Å². The van der Waals surface area contributed by atoms with Crippen molar-refractivity contribution in [3.05, 3.63) is 35.4 Å². The van der Waals surface area contributed by atoms with Gasteiger partial charge in [-0.1, -0.05) is 12.1 Å². The quantitative estimate of drug-likeness (QED) is 0.883. The molecule has 1 aliphatic heterocycles. The Hall–Kier alpha value is -1.20. The lowest BCUT2D eigenvalue weighted by molar-refractivity contribution is 0.0919. The summed E-state index contributed by atoms with van der Waals surface area (Å²) in [6.45, 7) is 3.12. The number of amides is 1. The van der Waals surface area contributed by atoms with Crippen molar-refractivity contribution in [3.63, 3.8) is 0 Å². The molecule has 0 saturated carbocycles. The summed E-state index contributed by atoms with van der Waals surface area (Å²) >= 11 is 0. The fourth-order valence-electron chi connectivity index (χ4n) is 2.53. The van der Waals surface area contributed by atoms with Crippen molar-refractivity contribution >= 4 is 16.7 Å². The van der Waals surface area contributed by atoms with Crippen LogP contribution in [0.1, 0.15) is 35.7 Å².